The normalized spacial score (nSPS) is 11.0. The molecule has 5 rings (SSSR count). The van der Waals surface area contributed by atoms with Gasteiger partial charge in [-0.1, -0.05) is 18.2 Å². The van der Waals surface area contributed by atoms with Gasteiger partial charge in [-0.05, 0) is 55.5 Å². The number of fused-ring (bicyclic) bond motifs is 1. The number of nitrogens with two attached hydrogens (primary N) is 1. The van der Waals surface area contributed by atoms with Gasteiger partial charge >= 0.3 is 0 Å². The van der Waals surface area contributed by atoms with Crippen LogP contribution in [0.5, 0.6) is 0 Å². The zero-order valence-corrected chi connectivity index (χ0v) is 17.4. The van der Waals surface area contributed by atoms with Crippen LogP contribution >= 0.6 is 11.3 Å². The number of pyridine rings is 1. The minimum Gasteiger partial charge on any atom is -0.399 e. The molecule has 0 saturated heterocycles. The molecule has 152 valence electrons. The second-order valence-corrected chi connectivity index (χ2v) is 7.96. The summed E-state index contributed by atoms with van der Waals surface area (Å²) in [6, 6.07) is 20.5. The highest BCUT2D eigenvalue weighted by Gasteiger charge is 2.18. The first-order valence-corrected chi connectivity index (χ1v) is 10.5. The van der Waals surface area contributed by atoms with Crippen LogP contribution in [0.2, 0.25) is 0 Å². The molecule has 0 saturated carbocycles. The number of nitrogens with one attached hydrogen (secondary N) is 1. The number of thiazole rings is 1. The lowest BCUT2D eigenvalue weighted by Crippen LogP contribution is -2.13. The summed E-state index contributed by atoms with van der Waals surface area (Å²) in [5.74, 6) is 0.319. The van der Waals surface area contributed by atoms with E-state index < -0.39 is 0 Å². The Bertz CT molecular complexity index is 1420. The minimum absolute atomic E-state index is 0.283. The zero-order chi connectivity index (χ0) is 21.4. The van der Waals surface area contributed by atoms with Crippen molar-refractivity contribution in [3.05, 3.63) is 83.6 Å². The van der Waals surface area contributed by atoms with Gasteiger partial charge in [-0.25, -0.2) is 14.6 Å². The van der Waals surface area contributed by atoms with Gasteiger partial charge < -0.3 is 11.1 Å². The van der Waals surface area contributed by atoms with E-state index in [1.807, 2.05) is 42.8 Å². The third-order valence-electron chi connectivity index (χ3n) is 4.80. The third kappa shape index (κ3) is 3.76. The maximum absolute atomic E-state index is 12.9. The van der Waals surface area contributed by atoms with E-state index in [-0.39, 0.29) is 11.6 Å². The number of benzene rings is 2. The molecule has 5 aromatic rings. The number of nitrogens with zero attached hydrogens (tertiary/aromatic N) is 4. The Morgan fingerprint density at radius 1 is 1.06 bits per heavy atom. The Kier molecular flexibility index (Phi) is 4.68. The lowest BCUT2D eigenvalue weighted by Gasteiger charge is -2.07. The lowest BCUT2D eigenvalue weighted by atomic mass is 10.1. The first-order valence-electron chi connectivity index (χ1n) is 9.61. The van der Waals surface area contributed by atoms with Crippen molar-refractivity contribution in [2.75, 3.05) is 11.1 Å². The molecule has 0 aliphatic carbocycles. The SMILES string of the molecule is Cc1cccc(-n2nc(C(=O)Nc3cccc(N)c3)cc2-c2ccc3ncsc3c2)n1. The largest absolute Gasteiger partial charge is 0.399 e. The molecular formula is C23H18N6OS. The molecule has 8 heteroatoms. The van der Waals surface area contributed by atoms with E-state index in [0.29, 0.717) is 17.2 Å². The summed E-state index contributed by atoms with van der Waals surface area (Å²) in [5.41, 5.74) is 12.6. The molecule has 0 aliphatic heterocycles. The van der Waals surface area contributed by atoms with Gasteiger partial charge in [-0.15, -0.1) is 11.3 Å². The summed E-state index contributed by atoms with van der Waals surface area (Å²) >= 11 is 1.57. The van der Waals surface area contributed by atoms with Gasteiger partial charge in [-0.3, -0.25) is 4.79 Å². The summed E-state index contributed by atoms with van der Waals surface area (Å²) < 4.78 is 2.76. The van der Waals surface area contributed by atoms with Crippen molar-refractivity contribution in [1.29, 1.82) is 0 Å². The quantitative estimate of drug-likeness (QED) is 0.406. The number of aryl methyl sites for hydroxylation is 1. The van der Waals surface area contributed by atoms with E-state index in [9.17, 15) is 4.79 Å². The second kappa shape index (κ2) is 7.66. The smallest absolute Gasteiger partial charge is 0.276 e. The van der Waals surface area contributed by atoms with E-state index in [1.54, 1.807) is 46.4 Å². The van der Waals surface area contributed by atoms with E-state index in [1.165, 1.54) is 0 Å². The first-order chi connectivity index (χ1) is 15.1. The maximum Gasteiger partial charge on any atom is 0.276 e. The predicted molar refractivity (Wildman–Crippen MR) is 124 cm³/mol. The standard InChI is InChI=1S/C23H18N6OS/c1-14-4-2-7-22(26-14)29-20(15-8-9-18-21(10-15)31-13-25-18)12-19(28-29)23(30)27-17-6-3-5-16(24)11-17/h2-13H,24H2,1H3,(H,27,30). The number of carbonyl (C=O) groups is 1. The van der Waals surface area contributed by atoms with Crippen LogP contribution in [0.3, 0.4) is 0 Å². The zero-order valence-electron chi connectivity index (χ0n) is 16.6. The average molecular weight is 427 g/mol. The Hall–Kier alpha value is -4.04. The van der Waals surface area contributed by atoms with Crippen LogP contribution in [-0.4, -0.2) is 25.7 Å². The first kappa shape index (κ1) is 19.0. The molecule has 0 unspecified atom stereocenters. The number of hydrogen-bond donors (Lipinski definition) is 2. The number of anilines is 2. The molecule has 0 radical (unpaired) electrons. The topological polar surface area (TPSA) is 98.7 Å². The second-order valence-electron chi connectivity index (χ2n) is 7.08. The van der Waals surface area contributed by atoms with Crippen molar-refractivity contribution < 1.29 is 4.79 Å². The van der Waals surface area contributed by atoms with E-state index in [0.717, 1.165) is 27.2 Å². The monoisotopic (exact) mass is 426 g/mol. The molecule has 0 aliphatic rings. The van der Waals surface area contributed by atoms with Gasteiger partial charge in [0.2, 0.25) is 0 Å². The third-order valence-corrected chi connectivity index (χ3v) is 5.60. The summed E-state index contributed by atoms with van der Waals surface area (Å²) in [7, 11) is 0. The Labute approximate surface area is 182 Å². The molecule has 3 aromatic heterocycles. The molecule has 0 bridgehead atoms. The van der Waals surface area contributed by atoms with E-state index in [4.69, 9.17) is 5.73 Å². The fraction of sp³-hybridized carbons (Fsp3) is 0.0435. The van der Waals surface area contributed by atoms with Crippen LogP contribution in [0.25, 0.3) is 27.3 Å². The summed E-state index contributed by atoms with van der Waals surface area (Å²) in [6.07, 6.45) is 0. The van der Waals surface area contributed by atoms with Gasteiger partial charge in [-0.2, -0.15) is 5.10 Å². The van der Waals surface area contributed by atoms with Crippen LogP contribution in [-0.2, 0) is 0 Å². The molecular weight excluding hydrogens is 408 g/mol. The predicted octanol–water partition coefficient (Wildman–Crippen LogP) is 4.69. The van der Waals surface area contributed by atoms with Crippen molar-refractivity contribution in [2.45, 2.75) is 6.92 Å². The highest BCUT2D eigenvalue weighted by atomic mass is 32.1. The molecule has 0 fully saturated rings. The number of amides is 1. The van der Waals surface area contributed by atoms with E-state index >= 15 is 0 Å². The Morgan fingerprint density at radius 3 is 2.77 bits per heavy atom. The fourth-order valence-electron chi connectivity index (χ4n) is 3.34. The lowest BCUT2D eigenvalue weighted by molar-refractivity contribution is 0.102. The number of carbonyl (C=O) groups excluding carboxylic acids is 1. The molecule has 3 heterocycles. The summed E-state index contributed by atoms with van der Waals surface area (Å²) in [6.45, 7) is 1.92. The van der Waals surface area contributed by atoms with Gasteiger partial charge in [0.05, 0.1) is 21.4 Å². The van der Waals surface area contributed by atoms with Crippen molar-refractivity contribution in [1.82, 2.24) is 19.7 Å². The summed E-state index contributed by atoms with van der Waals surface area (Å²) in [5, 5.41) is 7.44. The van der Waals surface area contributed by atoms with Gasteiger partial charge in [0.15, 0.2) is 11.5 Å². The highest BCUT2D eigenvalue weighted by molar-refractivity contribution is 7.16. The van der Waals surface area contributed by atoms with Crippen LogP contribution in [0, 0.1) is 6.92 Å². The highest BCUT2D eigenvalue weighted by Crippen LogP contribution is 2.29. The molecule has 3 N–H and O–H groups in total. The van der Waals surface area contributed by atoms with Crippen LogP contribution < -0.4 is 11.1 Å². The van der Waals surface area contributed by atoms with Crippen molar-refractivity contribution in [3.8, 4) is 17.1 Å². The molecule has 2 aromatic carbocycles. The summed E-state index contributed by atoms with van der Waals surface area (Å²) in [4.78, 5) is 21.9. The van der Waals surface area contributed by atoms with Gasteiger partial charge in [0.25, 0.3) is 5.91 Å². The Morgan fingerprint density at radius 2 is 1.94 bits per heavy atom. The fourth-order valence-corrected chi connectivity index (χ4v) is 4.06. The number of aromatic nitrogens is 4. The van der Waals surface area contributed by atoms with Crippen LogP contribution in [0.15, 0.2) is 72.2 Å². The molecule has 0 atom stereocenters. The number of nitrogen functional groups attached to an aromatic ring is 1. The number of hydrogen-bond acceptors (Lipinski definition) is 6. The van der Waals surface area contributed by atoms with Crippen molar-refractivity contribution in [3.63, 3.8) is 0 Å². The minimum atomic E-state index is -0.322. The van der Waals surface area contributed by atoms with Gasteiger partial charge in [0.1, 0.15) is 0 Å². The van der Waals surface area contributed by atoms with Crippen molar-refractivity contribution in [2.24, 2.45) is 0 Å². The molecule has 7 nitrogen and oxygen atoms in total. The molecule has 31 heavy (non-hydrogen) atoms. The van der Waals surface area contributed by atoms with Gasteiger partial charge in [0, 0.05) is 22.6 Å². The molecule has 1 amide bonds. The Balaban J connectivity index is 1.60. The van der Waals surface area contributed by atoms with Crippen LogP contribution in [0.1, 0.15) is 16.2 Å². The van der Waals surface area contributed by atoms with Crippen LogP contribution in [0.4, 0.5) is 11.4 Å². The van der Waals surface area contributed by atoms with E-state index in [2.05, 4.69) is 26.4 Å². The van der Waals surface area contributed by atoms with Crippen molar-refractivity contribution >= 4 is 38.8 Å². The number of rotatable bonds is 4. The molecule has 0 spiro atoms. The average Bonchev–Trinajstić information content (AvgIpc) is 3.40. The maximum atomic E-state index is 12.9.